The van der Waals surface area contributed by atoms with E-state index in [0.717, 1.165) is 16.3 Å². The molecule has 0 N–H and O–H groups in total. The number of benzene rings is 1. The maximum atomic E-state index is 13.3. The van der Waals surface area contributed by atoms with Crippen molar-refractivity contribution in [3.8, 4) is 5.69 Å². The molecule has 0 aliphatic carbocycles. The third-order valence-corrected chi connectivity index (χ3v) is 4.11. The summed E-state index contributed by atoms with van der Waals surface area (Å²) >= 11 is 11.9. The number of rotatable bonds is 4. The second-order valence-corrected chi connectivity index (χ2v) is 6.00. The van der Waals surface area contributed by atoms with E-state index in [1.807, 2.05) is 6.07 Å². The Balaban J connectivity index is 1.93. The lowest BCUT2D eigenvalue weighted by atomic mass is 10.3. The highest BCUT2D eigenvalue weighted by Gasteiger charge is 2.14. The van der Waals surface area contributed by atoms with E-state index in [0.29, 0.717) is 11.4 Å². The molecule has 0 bridgehead atoms. The van der Waals surface area contributed by atoms with Gasteiger partial charge in [-0.2, -0.15) is 14.9 Å². The van der Waals surface area contributed by atoms with Gasteiger partial charge in [-0.3, -0.25) is 14.8 Å². The molecule has 0 atom stereocenters. The fraction of sp³-hybridized carbons (Fsp3) is 0.0588. The van der Waals surface area contributed by atoms with Crippen molar-refractivity contribution in [3.05, 3.63) is 80.7 Å². The smallest absolute Gasteiger partial charge is 0.266 e. The number of hydrogen-bond donors (Lipinski definition) is 0. The third-order valence-electron chi connectivity index (χ3n) is 3.46. The summed E-state index contributed by atoms with van der Waals surface area (Å²) < 4.78 is 14.3. The van der Waals surface area contributed by atoms with Gasteiger partial charge in [0.1, 0.15) is 16.5 Å². The Morgan fingerprint density at radius 3 is 2.77 bits per heavy atom. The molecule has 0 unspecified atom stereocenters. The quantitative estimate of drug-likeness (QED) is 0.503. The van der Waals surface area contributed by atoms with Crippen molar-refractivity contribution in [2.24, 2.45) is 5.10 Å². The largest absolute Gasteiger partial charge is 0.292 e. The van der Waals surface area contributed by atoms with E-state index in [1.165, 1.54) is 23.3 Å². The van der Waals surface area contributed by atoms with Gasteiger partial charge in [0, 0.05) is 25.0 Å². The first-order valence-corrected chi connectivity index (χ1v) is 8.14. The van der Waals surface area contributed by atoms with Gasteiger partial charge >= 0.3 is 0 Å². The highest BCUT2D eigenvalue weighted by molar-refractivity contribution is 6.33. The summed E-state index contributed by atoms with van der Waals surface area (Å²) in [5.41, 5.74) is 0.839. The SMILES string of the molecule is CN(/N=C\c1cccnc1)c1cnn(-c2ccc(F)c(Cl)c2)c(=O)c1Cl. The van der Waals surface area contributed by atoms with Crippen LogP contribution in [0.5, 0.6) is 0 Å². The van der Waals surface area contributed by atoms with Gasteiger partial charge < -0.3 is 0 Å². The van der Waals surface area contributed by atoms with Gasteiger partial charge in [-0.25, -0.2) is 4.39 Å². The number of pyridine rings is 1. The fourth-order valence-electron chi connectivity index (χ4n) is 2.12. The molecule has 2 heterocycles. The van der Waals surface area contributed by atoms with Crippen LogP contribution in [-0.4, -0.2) is 28.0 Å². The number of nitrogens with zero attached hydrogens (tertiary/aromatic N) is 5. The molecule has 26 heavy (non-hydrogen) atoms. The molecule has 0 radical (unpaired) electrons. The number of hydrazone groups is 1. The Hall–Kier alpha value is -2.77. The molecule has 0 aliphatic heterocycles. The molecule has 9 heteroatoms. The van der Waals surface area contributed by atoms with Crippen LogP contribution in [0.4, 0.5) is 10.1 Å². The molecule has 0 aliphatic rings. The lowest BCUT2D eigenvalue weighted by molar-refractivity contribution is 0.627. The molecule has 0 amide bonds. The molecule has 2 aromatic heterocycles. The van der Waals surface area contributed by atoms with Crippen LogP contribution in [0.25, 0.3) is 5.69 Å². The van der Waals surface area contributed by atoms with E-state index in [1.54, 1.807) is 31.7 Å². The average Bonchev–Trinajstić information content (AvgIpc) is 2.65. The Kier molecular flexibility index (Phi) is 5.29. The number of hydrogen-bond acceptors (Lipinski definition) is 5. The summed E-state index contributed by atoms with van der Waals surface area (Å²) in [6.45, 7) is 0. The van der Waals surface area contributed by atoms with Crippen LogP contribution in [0, 0.1) is 5.82 Å². The van der Waals surface area contributed by atoms with Crippen molar-refractivity contribution in [2.75, 3.05) is 12.1 Å². The van der Waals surface area contributed by atoms with Crippen LogP contribution in [-0.2, 0) is 0 Å². The van der Waals surface area contributed by atoms with Gasteiger partial charge in [0.25, 0.3) is 5.56 Å². The molecule has 3 rings (SSSR count). The molecule has 6 nitrogen and oxygen atoms in total. The predicted octanol–water partition coefficient (Wildman–Crippen LogP) is 3.54. The maximum absolute atomic E-state index is 13.3. The van der Waals surface area contributed by atoms with E-state index in [9.17, 15) is 9.18 Å². The van der Waals surface area contributed by atoms with Crippen LogP contribution in [0.15, 0.2) is 58.8 Å². The van der Waals surface area contributed by atoms with Crippen molar-refractivity contribution in [1.82, 2.24) is 14.8 Å². The van der Waals surface area contributed by atoms with Gasteiger partial charge in [0.05, 0.1) is 23.1 Å². The van der Waals surface area contributed by atoms with Crippen molar-refractivity contribution in [1.29, 1.82) is 0 Å². The minimum atomic E-state index is -0.587. The predicted molar refractivity (Wildman–Crippen MR) is 100 cm³/mol. The summed E-state index contributed by atoms with van der Waals surface area (Å²) in [6.07, 6.45) is 6.27. The molecular formula is C17H12Cl2FN5O. The molecule has 3 aromatic rings. The maximum Gasteiger partial charge on any atom is 0.292 e. The molecule has 0 fully saturated rings. The monoisotopic (exact) mass is 391 g/mol. The zero-order chi connectivity index (χ0) is 18.7. The van der Waals surface area contributed by atoms with Gasteiger partial charge in [-0.1, -0.05) is 29.3 Å². The molecular weight excluding hydrogens is 380 g/mol. The fourth-order valence-corrected chi connectivity index (χ4v) is 2.54. The summed E-state index contributed by atoms with van der Waals surface area (Å²) in [6, 6.07) is 7.45. The van der Waals surface area contributed by atoms with E-state index < -0.39 is 11.4 Å². The average molecular weight is 392 g/mol. The summed E-state index contributed by atoms with van der Waals surface area (Å²) in [5.74, 6) is -0.587. The molecule has 0 spiro atoms. The summed E-state index contributed by atoms with van der Waals surface area (Å²) in [4.78, 5) is 16.5. The highest BCUT2D eigenvalue weighted by atomic mass is 35.5. The minimum Gasteiger partial charge on any atom is -0.266 e. The highest BCUT2D eigenvalue weighted by Crippen LogP contribution is 2.22. The summed E-state index contributed by atoms with van der Waals surface area (Å²) in [5, 5.41) is 9.52. The second kappa shape index (κ2) is 7.63. The minimum absolute atomic E-state index is 0.0775. The first-order valence-electron chi connectivity index (χ1n) is 7.38. The Morgan fingerprint density at radius 2 is 2.08 bits per heavy atom. The van der Waals surface area contributed by atoms with Crippen molar-refractivity contribution >= 4 is 35.1 Å². The van der Waals surface area contributed by atoms with E-state index in [2.05, 4.69) is 15.2 Å². The topological polar surface area (TPSA) is 63.4 Å². The standard InChI is InChI=1S/C17H12Cl2FN5O/c1-24(22-9-11-3-2-6-21-8-11)15-10-23-25(17(26)16(15)19)12-4-5-14(20)13(18)7-12/h2-10H,1H3/b22-9-. The summed E-state index contributed by atoms with van der Waals surface area (Å²) in [7, 11) is 1.63. The Labute approximate surface area is 158 Å². The van der Waals surface area contributed by atoms with Crippen LogP contribution >= 0.6 is 23.2 Å². The van der Waals surface area contributed by atoms with Gasteiger partial charge in [-0.05, 0) is 24.3 Å². The third kappa shape index (κ3) is 3.74. The lowest BCUT2D eigenvalue weighted by Gasteiger charge is -2.15. The second-order valence-electron chi connectivity index (χ2n) is 5.21. The van der Waals surface area contributed by atoms with Crippen LogP contribution in [0.3, 0.4) is 0 Å². The molecule has 132 valence electrons. The van der Waals surface area contributed by atoms with Gasteiger partial charge in [-0.15, -0.1) is 0 Å². The van der Waals surface area contributed by atoms with Crippen molar-refractivity contribution in [2.45, 2.75) is 0 Å². The number of anilines is 1. The van der Waals surface area contributed by atoms with Crippen LogP contribution in [0.2, 0.25) is 10.0 Å². The van der Waals surface area contributed by atoms with Gasteiger partial charge in [0.2, 0.25) is 0 Å². The first kappa shape index (κ1) is 18.0. The van der Waals surface area contributed by atoms with Crippen molar-refractivity contribution in [3.63, 3.8) is 0 Å². The van der Waals surface area contributed by atoms with E-state index >= 15 is 0 Å². The Bertz CT molecular complexity index is 1020. The van der Waals surface area contributed by atoms with Gasteiger partial charge in [0.15, 0.2) is 0 Å². The Morgan fingerprint density at radius 1 is 1.27 bits per heavy atom. The first-order chi connectivity index (χ1) is 12.5. The number of halogens is 3. The lowest BCUT2D eigenvalue weighted by Crippen LogP contribution is -2.24. The molecule has 0 saturated carbocycles. The van der Waals surface area contributed by atoms with Crippen LogP contribution < -0.4 is 10.6 Å². The van der Waals surface area contributed by atoms with Crippen LogP contribution in [0.1, 0.15) is 5.56 Å². The normalized spacial score (nSPS) is 11.1. The zero-order valence-corrected chi connectivity index (χ0v) is 15.0. The van der Waals surface area contributed by atoms with E-state index in [4.69, 9.17) is 23.2 Å². The number of aromatic nitrogens is 3. The van der Waals surface area contributed by atoms with Crippen molar-refractivity contribution < 1.29 is 4.39 Å². The molecule has 1 aromatic carbocycles. The van der Waals surface area contributed by atoms with E-state index in [-0.39, 0.29) is 10.0 Å². The molecule has 0 saturated heterocycles. The zero-order valence-electron chi connectivity index (χ0n) is 13.5.